The highest BCUT2D eigenvalue weighted by molar-refractivity contribution is 7.80. The molecule has 0 radical (unpaired) electrons. The van der Waals surface area contributed by atoms with Crippen molar-refractivity contribution in [3.05, 3.63) is 80.6 Å². The van der Waals surface area contributed by atoms with Crippen LogP contribution in [-0.4, -0.2) is 27.1 Å². The van der Waals surface area contributed by atoms with Crippen LogP contribution in [0.1, 0.15) is 53.1 Å². The molecule has 1 aliphatic rings. The third-order valence-corrected chi connectivity index (χ3v) is 6.45. The molecular weight excluding hydrogens is 432 g/mol. The van der Waals surface area contributed by atoms with Crippen LogP contribution in [0.25, 0.3) is 10.9 Å². The molecule has 1 heterocycles. The molecule has 0 spiro atoms. The number of rotatable bonds is 6. The lowest BCUT2D eigenvalue weighted by Gasteiger charge is -2.20. The number of fused-ring (bicyclic) bond motifs is 1. The van der Waals surface area contributed by atoms with Crippen molar-refractivity contribution in [2.24, 2.45) is 0 Å². The van der Waals surface area contributed by atoms with E-state index in [-0.39, 0.29) is 22.9 Å². The van der Waals surface area contributed by atoms with Crippen LogP contribution >= 0.6 is 23.8 Å². The number of benzene rings is 2. The average Bonchev–Trinajstić information content (AvgIpc) is 3.27. The minimum Gasteiger partial charge on any atom is -0.500 e. The van der Waals surface area contributed by atoms with Gasteiger partial charge in [0.1, 0.15) is 6.04 Å². The molecule has 0 bridgehead atoms. The lowest BCUT2D eigenvalue weighted by molar-refractivity contribution is 0.0944. The normalized spacial score (nSPS) is 15.1. The zero-order valence-corrected chi connectivity index (χ0v) is 18.4. The van der Waals surface area contributed by atoms with Gasteiger partial charge in [-0.1, -0.05) is 36.6 Å². The van der Waals surface area contributed by atoms with Crippen molar-refractivity contribution in [1.82, 2.24) is 10.3 Å². The summed E-state index contributed by atoms with van der Waals surface area (Å²) in [6.07, 6.45) is 4.85. The average molecular weight is 455 g/mol. The quantitative estimate of drug-likeness (QED) is 0.454. The molecule has 3 N–H and O–H groups in total. The van der Waals surface area contributed by atoms with Gasteiger partial charge in [0.05, 0.1) is 0 Å². The summed E-state index contributed by atoms with van der Waals surface area (Å²) < 4.78 is 0. The Hall–Kier alpha value is -2.70. The van der Waals surface area contributed by atoms with Gasteiger partial charge in [0, 0.05) is 34.0 Å². The zero-order chi connectivity index (χ0) is 22.0. The third kappa shape index (κ3) is 4.81. The molecule has 1 fully saturated rings. The first-order valence-corrected chi connectivity index (χ1v) is 11.1. The number of carbonyl (C=O) groups excluding carboxylic acids is 1. The number of pyridine rings is 1. The number of nitrogens with one attached hydrogen (secondary N) is 2. The van der Waals surface area contributed by atoms with E-state index in [1.54, 1.807) is 30.3 Å². The Labute approximate surface area is 190 Å². The van der Waals surface area contributed by atoms with Gasteiger partial charge >= 0.3 is 0 Å². The maximum absolute atomic E-state index is 12.7. The van der Waals surface area contributed by atoms with Gasteiger partial charge in [0.25, 0.3) is 5.91 Å². The predicted octanol–water partition coefficient (Wildman–Crippen LogP) is 5.07. The Morgan fingerprint density at radius 3 is 2.58 bits per heavy atom. The van der Waals surface area contributed by atoms with E-state index in [0.29, 0.717) is 16.5 Å². The number of hydrogen-bond donors (Lipinski definition) is 3. The second-order valence-corrected chi connectivity index (χ2v) is 8.84. The van der Waals surface area contributed by atoms with Crippen molar-refractivity contribution in [2.45, 2.75) is 44.1 Å². The minimum atomic E-state index is -0.806. The molecule has 1 atom stereocenters. The Balaban J connectivity index is 1.69. The number of amides is 1. The van der Waals surface area contributed by atoms with Crippen molar-refractivity contribution in [2.75, 3.05) is 0 Å². The molecule has 1 unspecified atom stereocenters. The van der Waals surface area contributed by atoms with E-state index in [9.17, 15) is 14.7 Å². The number of carbonyl (C=O) groups is 1. The van der Waals surface area contributed by atoms with Crippen molar-refractivity contribution in [3.63, 3.8) is 0 Å². The van der Waals surface area contributed by atoms with E-state index in [1.165, 1.54) is 18.4 Å². The number of aliphatic hydroxyl groups is 1. The summed E-state index contributed by atoms with van der Waals surface area (Å²) in [5.41, 5.74) is 2.91. The SMILES string of the molecule is O=C(NC(Cc1cc(=O)[nH]c2cccc(C3CCCC3)c12)C(O)=S)c1ccc(Cl)cc1. The molecule has 160 valence electrons. The molecule has 1 aliphatic carbocycles. The molecule has 1 aromatic heterocycles. The summed E-state index contributed by atoms with van der Waals surface area (Å²) >= 11 is 10.9. The van der Waals surface area contributed by atoms with Crippen molar-refractivity contribution in [1.29, 1.82) is 0 Å². The van der Waals surface area contributed by atoms with E-state index >= 15 is 0 Å². The van der Waals surface area contributed by atoms with E-state index < -0.39 is 6.04 Å². The molecule has 3 aromatic rings. The molecule has 1 amide bonds. The van der Waals surface area contributed by atoms with Crippen molar-refractivity contribution in [3.8, 4) is 0 Å². The highest BCUT2D eigenvalue weighted by Gasteiger charge is 2.24. The second-order valence-electron chi connectivity index (χ2n) is 7.99. The van der Waals surface area contributed by atoms with Crippen molar-refractivity contribution >= 4 is 45.7 Å². The number of thiocarbonyl (C=S) groups is 1. The van der Waals surface area contributed by atoms with Crippen LogP contribution in [0.4, 0.5) is 0 Å². The highest BCUT2D eigenvalue weighted by atomic mass is 35.5. The fourth-order valence-electron chi connectivity index (χ4n) is 4.43. The number of aromatic amines is 1. The van der Waals surface area contributed by atoms with Crippen LogP contribution in [-0.2, 0) is 6.42 Å². The van der Waals surface area contributed by atoms with Crippen molar-refractivity contribution < 1.29 is 9.90 Å². The Morgan fingerprint density at radius 2 is 1.90 bits per heavy atom. The number of halogens is 1. The predicted molar refractivity (Wildman–Crippen MR) is 127 cm³/mol. The second kappa shape index (κ2) is 9.20. The van der Waals surface area contributed by atoms with Crippen LogP contribution < -0.4 is 10.9 Å². The maximum Gasteiger partial charge on any atom is 0.251 e. The lowest BCUT2D eigenvalue weighted by atomic mass is 9.90. The first kappa shape index (κ1) is 21.5. The van der Waals surface area contributed by atoms with Crippen LogP contribution in [0.3, 0.4) is 0 Å². The smallest absolute Gasteiger partial charge is 0.251 e. The van der Waals surface area contributed by atoms with Gasteiger partial charge in [0.2, 0.25) is 5.56 Å². The van der Waals surface area contributed by atoms with Gasteiger partial charge in [-0.15, -0.1) is 0 Å². The van der Waals surface area contributed by atoms with Gasteiger partial charge in [-0.2, -0.15) is 0 Å². The summed E-state index contributed by atoms with van der Waals surface area (Å²) in [6, 6.07) is 13.2. The molecule has 1 saturated carbocycles. The van der Waals surface area contributed by atoms with Crippen LogP contribution in [0.2, 0.25) is 5.02 Å². The molecule has 2 aromatic carbocycles. The molecule has 0 aliphatic heterocycles. The van der Waals surface area contributed by atoms with E-state index in [1.807, 2.05) is 12.1 Å². The number of H-pyrrole nitrogens is 1. The fourth-order valence-corrected chi connectivity index (χ4v) is 4.70. The highest BCUT2D eigenvalue weighted by Crippen LogP contribution is 2.38. The molecule has 5 nitrogen and oxygen atoms in total. The van der Waals surface area contributed by atoms with E-state index in [2.05, 4.69) is 16.4 Å². The standard InChI is InChI=1S/C24H23ClN2O3S/c25-17-10-8-15(9-11-17)23(29)27-20(24(30)31)12-16-13-21(28)26-19-7-3-6-18(22(16)19)14-4-1-2-5-14/h3,6-11,13-14,20H,1-2,4-5,12H2,(H,26,28)(H,27,29)(H,30,31). The first-order chi connectivity index (χ1) is 14.9. The molecule has 0 saturated heterocycles. The summed E-state index contributed by atoms with van der Waals surface area (Å²) in [5, 5.41) is 14.1. The summed E-state index contributed by atoms with van der Waals surface area (Å²) in [6.45, 7) is 0. The van der Waals surface area contributed by atoms with Gasteiger partial charge in [-0.25, -0.2) is 0 Å². The topological polar surface area (TPSA) is 82.2 Å². The Kier molecular flexibility index (Phi) is 6.39. The lowest BCUT2D eigenvalue weighted by Crippen LogP contribution is -2.41. The third-order valence-electron chi connectivity index (χ3n) is 5.91. The van der Waals surface area contributed by atoms with Gasteiger partial charge in [-0.3, -0.25) is 9.59 Å². The van der Waals surface area contributed by atoms with Crippen LogP contribution in [0.5, 0.6) is 0 Å². The molecule has 7 heteroatoms. The zero-order valence-electron chi connectivity index (χ0n) is 16.9. The maximum atomic E-state index is 12.7. The van der Waals surface area contributed by atoms with Gasteiger partial charge in [-0.05, 0) is 72.4 Å². The molecular formula is C24H23ClN2O3S. The molecule has 4 rings (SSSR count). The Morgan fingerprint density at radius 1 is 1.19 bits per heavy atom. The Bertz CT molecular complexity index is 1180. The monoisotopic (exact) mass is 454 g/mol. The van der Waals surface area contributed by atoms with Gasteiger partial charge in [0.15, 0.2) is 5.05 Å². The summed E-state index contributed by atoms with van der Waals surface area (Å²) in [5.74, 6) is 0.0692. The van der Waals surface area contributed by atoms with Crippen LogP contribution in [0, 0.1) is 0 Å². The molecule has 31 heavy (non-hydrogen) atoms. The fraction of sp³-hybridized carbons (Fsp3) is 0.292. The van der Waals surface area contributed by atoms with Crippen LogP contribution in [0.15, 0.2) is 53.3 Å². The number of aliphatic hydroxyl groups excluding tert-OH is 1. The summed E-state index contributed by atoms with van der Waals surface area (Å²) in [4.78, 5) is 27.9. The number of aromatic nitrogens is 1. The largest absolute Gasteiger partial charge is 0.500 e. The summed E-state index contributed by atoms with van der Waals surface area (Å²) in [7, 11) is 0. The van der Waals surface area contributed by atoms with Gasteiger partial charge < -0.3 is 15.4 Å². The van der Waals surface area contributed by atoms with E-state index in [4.69, 9.17) is 23.8 Å². The number of hydrogen-bond acceptors (Lipinski definition) is 3. The first-order valence-electron chi connectivity index (χ1n) is 10.4. The van der Waals surface area contributed by atoms with E-state index in [0.717, 1.165) is 29.3 Å². The minimum absolute atomic E-state index is 0.221.